The van der Waals surface area contributed by atoms with Crippen LogP contribution in [-0.4, -0.2) is 38.2 Å². The van der Waals surface area contributed by atoms with Gasteiger partial charge in [-0.1, -0.05) is 47.7 Å². The summed E-state index contributed by atoms with van der Waals surface area (Å²) in [7, 11) is 0. The summed E-state index contributed by atoms with van der Waals surface area (Å²) in [4.78, 5) is 42.9. The van der Waals surface area contributed by atoms with Gasteiger partial charge >= 0.3 is 0 Å². The van der Waals surface area contributed by atoms with Crippen LogP contribution >= 0.6 is 23.1 Å². The van der Waals surface area contributed by atoms with Crippen molar-refractivity contribution in [3.63, 3.8) is 0 Å². The molecule has 206 valence electrons. The lowest BCUT2D eigenvalue weighted by atomic mass is 10.1. The number of carbonyl (C=O) groups excluding carboxylic acids is 3. The number of rotatable bonds is 9. The molecule has 3 amide bonds. The van der Waals surface area contributed by atoms with E-state index in [1.165, 1.54) is 23.1 Å². The molecule has 0 bridgehead atoms. The van der Waals surface area contributed by atoms with Crippen molar-refractivity contribution in [3.05, 3.63) is 107 Å². The number of nitrogens with zero attached hydrogens (tertiary/aromatic N) is 2. The van der Waals surface area contributed by atoms with Crippen molar-refractivity contribution in [1.29, 1.82) is 0 Å². The van der Waals surface area contributed by atoms with Crippen molar-refractivity contribution in [2.45, 2.75) is 24.0 Å². The fourth-order valence-electron chi connectivity index (χ4n) is 3.94. The Bertz CT molecular complexity index is 1730. The smallest absolute Gasteiger partial charge is 0.272 e. The summed E-state index contributed by atoms with van der Waals surface area (Å²) in [6.07, 6.45) is 3.45. The number of H-pyrrole nitrogens is 1. The molecule has 4 N–H and O–H groups in total. The van der Waals surface area contributed by atoms with E-state index in [2.05, 4.69) is 31.1 Å². The third-order valence-electron chi connectivity index (χ3n) is 6.00. The van der Waals surface area contributed by atoms with Gasteiger partial charge in [0.2, 0.25) is 11.0 Å². The van der Waals surface area contributed by atoms with Gasteiger partial charge in [-0.3, -0.25) is 19.7 Å². The number of anilines is 2. The molecule has 5 aromatic rings. The second kappa shape index (κ2) is 12.6. The van der Waals surface area contributed by atoms with E-state index in [1.807, 2.05) is 49.4 Å². The molecular formula is C30H26N6O3S2. The van der Waals surface area contributed by atoms with Crippen LogP contribution in [0.3, 0.4) is 0 Å². The predicted octanol–water partition coefficient (Wildman–Crippen LogP) is 5.86. The first-order valence-electron chi connectivity index (χ1n) is 12.7. The molecule has 0 saturated carbocycles. The van der Waals surface area contributed by atoms with Gasteiger partial charge in [-0.05, 0) is 62.4 Å². The predicted molar refractivity (Wildman–Crippen MR) is 164 cm³/mol. The Morgan fingerprint density at radius 3 is 2.39 bits per heavy atom. The molecule has 0 aliphatic rings. The summed E-state index contributed by atoms with van der Waals surface area (Å²) < 4.78 is 0. The van der Waals surface area contributed by atoms with E-state index in [-0.39, 0.29) is 16.9 Å². The van der Waals surface area contributed by atoms with Crippen molar-refractivity contribution >= 4 is 68.6 Å². The van der Waals surface area contributed by atoms with Gasteiger partial charge in [0.05, 0.1) is 5.25 Å². The number of aryl methyl sites for hydroxylation is 1. The van der Waals surface area contributed by atoms with Gasteiger partial charge in [-0.25, -0.2) is 0 Å². The second-order valence-electron chi connectivity index (χ2n) is 9.02. The lowest BCUT2D eigenvalue weighted by Gasteiger charge is -2.13. The van der Waals surface area contributed by atoms with Crippen LogP contribution < -0.4 is 16.0 Å². The van der Waals surface area contributed by atoms with Gasteiger partial charge in [-0.15, -0.1) is 22.0 Å². The number of amides is 3. The second-order valence-corrected chi connectivity index (χ2v) is 11.6. The van der Waals surface area contributed by atoms with Crippen LogP contribution in [0.5, 0.6) is 0 Å². The monoisotopic (exact) mass is 582 g/mol. The van der Waals surface area contributed by atoms with E-state index in [1.54, 1.807) is 55.6 Å². The fraction of sp³-hybridized carbons (Fsp3) is 0.100. The number of aromatic amines is 1. The fourth-order valence-corrected chi connectivity index (χ4v) is 5.40. The molecule has 41 heavy (non-hydrogen) atoms. The zero-order valence-electron chi connectivity index (χ0n) is 22.2. The van der Waals surface area contributed by atoms with Crippen LogP contribution in [0.25, 0.3) is 17.0 Å². The highest BCUT2D eigenvalue weighted by Gasteiger charge is 2.18. The molecular weight excluding hydrogens is 557 g/mol. The van der Waals surface area contributed by atoms with Gasteiger partial charge in [0.15, 0.2) is 0 Å². The van der Waals surface area contributed by atoms with Gasteiger partial charge in [0.25, 0.3) is 11.8 Å². The van der Waals surface area contributed by atoms with Gasteiger partial charge < -0.3 is 15.6 Å². The summed E-state index contributed by atoms with van der Waals surface area (Å²) in [5, 5.41) is 18.0. The van der Waals surface area contributed by atoms with Crippen molar-refractivity contribution < 1.29 is 14.4 Å². The van der Waals surface area contributed by atoms with Crippen LogP contribution in [0.15, 0.2) is 95.7 Å². The lowest BCUT2D eigenvalue weighted by molar-refractivity contribution is -0.115. The van der Waals surface area contributed by atoms with E-state index in [4.69, 9.17) is 0 Å². The molecule has 1 atom stereocenters. The average Bonchev–Trinajstić information content (AvgIpc) is 3.59. The number of hydrogen-bond donors (Lipinski definition) is 4. The Hall–Kier alpha value is -4.74. The number of nitrogens with one attached hydrogen (secondary N) is 4. The first-order chi connectivity index (χ1) is 19.9. The summed E-state index contributed by atoms with van der Waals surface area (Å²) >= 11 is 2.70. The Kier molecular flexibility index (Phi) is 8.56. The van der Waals surface area contributed by atoms with Crippen LogP contribution in [0.2, 0.25) is 0 Å². The SMILES string of the molecule is Cc1nnc(NC(=O)C(C)Sc2ccc(NC(=O)C(=Cc3c[nH]c4ccccc34)NC(=O)c3ccccc3)cc2)s1. The Morgan fingerprint density at radius 2 is 1.66 bits per heavy atom. The van der Waals surface area contributed by atoms with Crippen LogP contribution in [0.4, 0.5) is 10.8 Å². The number of benzene rings is 3. The molecule has 2 heterocycles. The quantitative estimate of drug-likeness (QED) is 0.127. The normalized spacial score (nSPS) is 12.1. The van der Waals surface area contributed by atoms with E-state index in [0.717, 1.165) is 26.4 Å². The van der Waals surface area contributed by atoms with Crippen LogP contribution in [0, 0.1) is 6.92 Å². The van der Waals surface area contributed by atoms with E-state index in [0.29, 0.717) is 16.4 Å². The molecule has 9 nitrogen and oxygen atoms in total. The van der Waals surface area contributed by atoms with Crippen molar-refractivity contribution in [3.8, 4) is 0 Å². The van der Waals surface area contributed by atoms with Crippen LogP contribution in [0.1, 0.15) is 27.9 Å². The number of thioether (sulfide) groups is 1. The zero-order chi connectivity index (χ0) is 28.8. The lowest BCUT2D eigenvalue weighted by Crippen LogP contribution is -2.30. The van der Waals surface area contributed by atoms with Gasteiger partial charge in [0, 0.05) is 38.8 Å². The minimum atomic E-state index is -0.472. The molecule has 0 saturated heterocycles. The third kappa shape index (κ3) is 7.07. The maximum Gasteiger partial charge on any atom is 0.272 e. The minimum Gasteiger partial charge on any atom is -0.361 e. The first kappa shape index (κ1) is 27.8. The first-order valence-corrected chi connectivity index (χ1v) is 14.4. The Morgan fingerprint density at radius 1 is 0.927 bits per heavy atom. The maximum absolute atomic E-state index is 13.4. The highest BCUT2D eigenvalue weighted by molar-refractivity contribution is 8.00. The molecule has 11 heteroatoms. The number of aromatic nitrogens is 3. The minimum absolute atomic E-state index is 0.0965. The summed E-state index contributed by atoms with van der Waals surface area (Å²) in [6, 6.07) is 23.6. The van der Waals surface area contributed by atoms with Crippen molar-refractivity contribution in [1.82, 2.24) is 20.5 Å². The molecule has 5 rings (SSSR count). The van der Waals surface area contributed by atoms with E-state index in [9.17, 15) is 14.4 Å². The van der Waals surface area contributed by atoms with Gasteiger partial charge in [-0.2, -0.15) is 0 Å². The highest BCUT2D eigenvalue weighted by Crippen LogP contribution is 2.27. The standard InChI is InChI=1S/C30H26N6O3S2/c1-18(27(37)34-30-36-35-19(2)41-30)40-23-14-12-22(13-15-23)32-29(39)26(33-28(38)20-8-4-3-5-9-20)16-21-17-31-25-11-7-6-10-24(21)25/h3-18,31H,1-2H3,(H,32,39)(H,33,38)(H,34,36,37). The topological polar surface area (TPSA) is 129 Å². The summed E-state index contributed by atoms with van der Waals surface area (Å²) in [5.41, 5.74) is 2.76. The average molecular weight is 583 g/mol. The summed E-state index contributed by atoms with van der Waals surface area (Å²) in [5.74, 6) is -1.04. The van der Waals surface area contributed by atoms with E-state index >= 15 is 0 Å². The molecule has 0 fully saturated rings. The largest absolute Gasteiger partial charge is 0.361 e. The number of carbonyl (C=O) groups is 3. The molecule has 0 aliphatic carbocycles. The van der Waals surface area contributed by atoms with Crippen molar-refractivity contribution in [2.75, 3.05) is 10.6 Å². The number of para-hydroxylation sites is 1. The maximum atomic E-state index is 13.4. The Balaban J connectivity index is 1.29. The van der Waals surface area contributed by atoms with Gasteiger partial charge in [0.1, 0.15) is 10.7 Å². The molecule has 1 unspecified atom stereocenters. The zero-order valence-corrected chi connectivity index (χ0v) is 23.8. The molecule has 3 aromatic carbocycles. The van der Waals surface area contributed by atoms with Crippen LogP contribution in [-0.2, 0) is 9.59 Å². The number of hydrogen-bond acceptors (Lipinski definition) is 7. The van der Waals surface area contributed by atoms with Crippen molar-refractivity contribution in [2.24, 2.45) is 0 Å². The molecule has 2 aromatic heterocycles. The molecule has 0 radical (unpaired) electrons. The van der Waals surface area contributed by atoms with E-state index < -0.39 is 11.8 Å². The Labute approximate surface area is 244 Å². The summed E-state index contributed by atoms with van der Waals surface area (Å²) in [6.45, 7) is 3.63. The number of fused-ring (bicyclic) bond motifs is 1. The third-order valence-corrected chi connectivity index (χ3v) is 7.87. The highest BCUT2D eigenvalue weighted by atomic mass is 32.2. The molecule has 0 spiro atoms. The molecule has 0 aliphatic heterocycles.